The minimum atomic E-state index is 0.00221. The first-order valence-corrected chi connectivity index (χ1v) is 6.71. The maximum atomic E-state index is 11.9. The molecule has 0 radical (unpaired) electrons. The summed E-state index contributed by atoms with van der Waals surface area (Å²) >= 11 is 1.61. The van der Waals surface area contributed by atoms with Gasteiger partial charge in [0.25, 0.3) is 5.56 Å². The van der Waals surface area contributed by atoms with E-state index in [4.69, 9.17) is 4.74 Å². The van der Waals surface area contributed by atoms with E-state index in [9.17, 15) is 4.79 Å². The highest BCUT2D eigenvalue weighted by Gasteiger charge is 2.15. The van der Waals surface area contributed by atoms with Crippen LogP contribution in [-0.2, 0) is 4.74 Å². The predicted molar refractivity (Wildman–Crippen MR) is 69.3 cm³/mol. The van der Waals surface area contributed by atoms with E-state index in [1.165, 1.54) is 0 Å². The van der Waals surface area contributed by atoms with Gasteiger partial charge in [0, 0.05) is 41.5 Å². The second-order valence-electron chi connectivity index (χ2n) is 4.24. The number of fused-ring (bicyclic) bond motifs is 1. The first-order valence-electron chi connectivity index (χ1n) is 5.77. The second kappa shape index (κ2) is 4.50. The van der Waals surface area contributed by atoms with Crippen molar-refractivity contribution in [2.45, 2.75) is 18.9 Å². The molecule has 0 aliphatic carbocycles. The lowest BCUT2D eigenvalue weighted by Gasteiger charge is -2.25. The number of hydrogen-bond donors (Lipinski definition) is 1. The molecule has 0 amide bonds. The molecule has 1 aliphatic rings. The van der Waals surface area contributed by atoms with Crippen molar-refractivity contribution in [3.05, 3.63) is 33.2 Å². The third-order valence-corrected chi connectivity index (χ3v) is 3.82. The summed E-state index contributed by atoms with van der Waals surface area (Å²) in [7, 11) is 0. The molecule has 1 aliphatic heterocycles. The molecule has 1 fully saturated rings. The number of pyridine rings is 1. The SMILES string of the molecule is O=c1ccc2cscc2n1NC1CCOCC1. The minimum absolute atomic E-state index is 0.00221. The fourth-order valence-corrected chi connectivity index (χ4v) is 2.89. The van der Waals surface area contributed by atoms with E-state index in [1.807, 2.05) is 11.4 Å². The predicted octanol–water partition coefficient (Wildman–Crippen LogP) is 1.79. The Morgan fingerprint density at radius 2 is 2.12 bits per heavy atom. The van der Waals surface area contributed by atoms with Crippen LogP contribution >= 0.6 is 11.3 Å². The topological polar surface area (TPSA) is 43.3 Å². The first-order chi connectivity index (χ1) is 8.34. The minimum Gasteiger partial charge on any atom is -0.381 e. The molecule has 0 unspecified atom stereocenters. The van der Waals surface area contributed by atoms with Gasteiger partial charge in [-0.2, -0.15) is 0 Å². The number of nitrogens with zero attached hydrogens (tertiary/aromatic N) is 1. The Balaban J connectivity index is 1.95. The quantitative estimate of drug-likeness (QED) is 0.883. The summed E-state index contributed by atoms with van der Waals surface area (Å²) in [5.41, 5.74) is 4.28. The molecule has 5 heteroatoms. The normalized spacial score (nSPS) is 17.4. The van der Waals surface area contributed by atoms with E-state index >= 15 is 0 Å². The van der Waals surface area contributed by atoms with Gasteiger partial charge in [0.15, 0.2) is 0 Å². The number of aromatic nitrogens is 1. The number of hydrogen-bond acceptors (Lipinski definition) is 4. The Morgan fingerprint density at radius 1 is 1.29 bits per heavy atom. The van der Waals surface area contributed by atoms with Gasteiger partial charge in [-0.25, -0.2) is 4.68 Å². The molecular formula is C12H14N2O2S. The van der Waals surface area contributed by atoms with Gasteiger partial charge in [-0.3, -0.25) is 4.79 Å². The van der Waals surface area contributed by atoms with E-state index in [1.54, 1.807) is 22.1 Å². The summed E-state index contributed by atoms with van der Waals surface area (Å²) in [5, 5.41) is 5.16. The molecule has 1 saturated heterocycles. The van der Waals surface area contributed by atoms with Crippen molar-refractivity contribution in [3.63, 3.8) is 0 Å². The highest BCUT2D eigenvalue weighted by Crippen LogP contribution is 2.17. The van der Waals surface area contributed by atoms with E-state index in [2.05, 4.69) is 10.8 Å². The number of ether oxygens (including phenoxy) is 1. The highest BCUT2D eigenvalue weighted by molar-refractivity contribution is 7.09. The zero-order valence-electron chi connectivity index (χ0n) is 9.39. The van der Waals surface area contributed by atoms with Gasteiger partial charge >= 0.3 is 0 Å². The lowest BCUT2D eigenvalue weighted by atomic mass is 10.1. The molecule has 2 aromatic rings. The number of rotatable bonds is 2. The third kappa shape index (κ3) is 2.08. The second-order valence-corrected chi connectivity index (χ2v) is 4.98. The van der Waals surface area contributed by atoms with Crippen molar-refractivity contribution >= 4 is 22.2 Å². The van der Waals surface area contributed by atoms with Crippen LogP contribution in [0.3, 0.4) is 0 Å². The molecule has 3 heterocycles. The standard InChI is InChI=1S/C12H14N2O2S/c15-12-2-1-9-7-17-8-11(9)14(12)13-10-3-5-16-6-4-10/h1-2,7-8,10,13H,3-6H2. The molecule has 17 heavy (non-hydrogen) atoms. The van der Waals surface area contributed by atoms with Crippen LogP contribution in [0, 0.1) is 0 Å². The van der Waals surface area contributed by atoms with Crippen molar-refractivity contribution < 1.29 is 4.74 Å². The molecule has 2 aromatic heterocycles. The van der Waals surface area contributed by atoms with Gasteiger partial charge in [-0.05, 0) is 18.9 Å². The average Bonchev–Trinajstić information content (AvgIpc) is 2.83. The van der Waals surface area contributed by atoms with E-state index in [-0.39, 0.29) is 5.56 Å². The fourth-order valence-electron chi connectivity index (χ4n) is 2.10. The molecule has 1 N–H and O–H groups in total. The lowest BCUT2D eigenvalue weighted by molar-refractivity contribution is 0.0880. The molecule has 3 rings (SSSR count). The highest BCUT2D eigenvalue weighted by atomic mass is 32.1. The third-order valence-electron chi connectivity index (χ3n) is 3.07. The summed E-state index contributed by atoms with van der Waals surface area (Å²) in [5.74, 6) is 0. The molecule has 0 bridgehead atoms. The fraction of sp³-hybridized carbons (Fsp3) is 0.417. The van der Waals surface area contributed by atoms with E-state index in [0.717, 1.165) is 37.0 Å². The lowest BCUT2D eigenvalue weighted by Crippen LogP contribution is -2.38. The van der Waals surface area contributed by atoms with Crippen LogP contribution in [0.4, 0.5) is 0 Å². The molecular weight excluding hydrogens is 236 g/mol. The molecule has 90 valence electrons. The molecule has 0 saturated carbocycles. The molecule has 0 atom stereocenters. The van der Waals surface area contributed by atoms with Crippen molar-refractivity contribution in [3.8, 4) is 0 Å². The van der Waals surface area contributed by atoms with E-state index < -0.39 is 0 Å². The van der Waals surface area contributed by atoms with Crippen LogP contribution in [0.15, 0.2) is 27.7 Å². The molecule has 0 spiro atoms. The largest absolute Gasteiger partial charge is 0.381 e. The Hall–Kier alpha value is -1.33. The Labute approximate surface area is 103 Å². The van der Waals surface area contributed by atoms with Crippen molar-refractivity contribution in [1.29, 1.82) is 0 Å². The first kappa shape index (κ1) is 10.8. The summed E-state index contributed by atoms with van der Waals surface area (Å²) in [4.78, 5) is 11.9. The summed E-state index contributed by atoms with van der Waals surface area (Å²) < 4.78 is 6.98. The van der Waals surface area contributed by atoms with Crippen LogP contribution in [0.2, 0.25) is 0 Å². The number of nitrogens with one attached hydrogen (secondary N) is 1. The Kier molecular flexibility index (Phi) is 2.86. The van der Waals surface area contributed by atoms with E-state index in [0.29, 0.717) is 6.04 Å². The van der Waals surface area contributed by atoms with Crippen molar-refractivity contribution in [2.24, 2.45) is 0 Å². The number of thiophene rings is 1. The van der Waals surface area contributed by atoms with Crippen LogP contribution in [0.1, 0.15) is 12.8 Å². The summed E-state index contributed by atoms with van der Waals surface area (Å²) in [6, 6.07) is 3.81. The monoisotopic (exact) mass is 250 g/mol. The van der Waals surface area contributed by atoms with Crippen LogP contribution in [0.5, 0.6) is 0 Å². The van der Waals surface area contributed by atoms with Crippen LogP contribution < -0.4 is 11.0 Å². The molecule has 4 nitrogen and oxygen atoms in total. The van der Waals surface area contributed by atoms with Crippen LogP contribution in [0.25, 0.3) is 10.9 Å². The van der Waals surface area contributed by atoms with Gasteiger partial charge in [0.1, 0.15) is 0 Å². The Morgan fingerprint density at radius 3 is 2.94 bits per heavy atom. The van der Waals surface area contributed by atoms with Gasteiger partial charge in [0.2, 0.25) is 0 Å². The molecule has 0 aromatic carbocycles. The van der Waals surface area contributed by atoms with Crippen molar-refractivity contribution in [1.82, 2.24) is 4.68 Å². The maximum Gasteiger partial charge on any atom is 0.269 e. The Bertz CT molecular complexity index is 569. The van der Waals surface area contributed by atoms with Gasteiger partial charge in [-0.1, -0.05) is 0 Å². The zero-order valence-corrected chi connectivity index (χ0v) is 10.2. The van der Waals surface area contributed by atoms with Gasteiger partial charge in [0.05, 0.1) is 5.52 Å². The maximum absolute atomic E-state index is 11.9. The van der Waals surface area contributed by atoms with Gasteiger partial charge < -0.3 is 10.2 Å². The van der Waals surface area contributed by atoms with Gasteiger partial charge in [-0.15, -0.1) is 11.3 Å². The zero-order chi connectivity index (χ0) is 11.7. The summed E-state index contributed by atoms with van der Waals surface area (Å²) in [6.07, 6.45) is 1.90. The average molecular weight is 250 g/mol. The smallest absolute Gasteiger partial charge is 0.269 e. The van der Waals surface area contributed by atoms with Crippen LogP contribution in [-0.4, -0.2) is 23.9 Å². The van der Waals surface area contributed by atoms with Crippen molar-refractivity contribution in [2.75, 3.05) is 18.6 Å². The summed E-state index contributed by atoms with van der Waals surface area (Å²) in [6.45, 7) is 1.54.